The maximum atomic E-state index is 13.0. The Bertz CT molecular complexity index is 603. The number of hydrogen-bond donors (Lipinski definition) is 2. The normalized spacial score (nSPS) is 17.5. The average molecular weight is 273 g/mol. The molecule has 0 aliphatic heterocycles. The minimum atomic E-state index is -0.492. The highest BCUT2D eigenvalue weighted by Crippen LogP contribution is 2.48. The van der Waals surface area contributed by atoms with E-state index in [0.29, 0.717) is 0 Å². The van der Waals surface area contributed by atoms with Crippen LogP contribution in [-0.2, 0) is 10.2 Å². The number of H-pyrrole nitrogens is 1. The molecular formula is C15H16FN3O. The van der Waals surface area contributed by atoms with Crippen LogP contribution in [0.2, 0.25) is 0 Å². The van der Waals surface area contributed by atoms with Gasteiger partial charge < -0.3 is 10.3 Å². The maximum Gasteiger partial charge on any atom is 0.231 e. The lowest BCUT2D eigenvalue weighted by Crippen LogP contribution is -2.36. The summed E-state index contributed by atoms with van der Waals surface area (Å²) >= 11 is 0. The summed E-state index contributed by atoms with van der Waals surface area (Å²) < 4.78 is 13.0. The van der Waals surface area contributed by atoms with E-state index in [4.69, 9.17) is 0 Å². The van der Waals surface area contributed by atoms with Gasteiger partial charge in [-0.2, -0.15) is 0 Å². The number of nitrogens with one attached hydrogen (secondary N) is 2. The number of amides is 1. The number of nitrogens with zero attached hydrogens (tertiary/aromatic N) is 1. The van der Waals surface area contributed by atoms with Gasteiger partial charge in [0.15, 0.2) is 0 Å². The van der Waals surface area contributed by atoms with Crippen molar-refractivity contribution >= 4 is 5.91 Å². The molecule has 1 aromatic carbocycles. The first-order valence-electron chi connectivity index (χ1n) is 6.68. The summed E-state index contributed by atoms with van der Waals surface area (Å²) in [6.07, 6.45) is 4.99. The van der Waals surface area contributed by atoms with Gasteiger partial charge in [0.25, 0.3) is 0 Å². The zero-order chi connectivity index (χ0) is 14.2. The molecule has 1 aliphatic rings. The van der Waals surface area contributed by atoms with Crippen LogP contribution in [0.3, 0.4) is 0 Å². The van der Waals surface area contributed by atoms with Crippen molar-refractivity contribution in [3.8, 4) is 0 Å². The number of imidazole rings is 1. The molecule has 1 saturated carbocycles. The molecule has 1 heterocycles. The summed E-state index contributed by atoms with van der Waals surface area (Å²) in [6, 6.07) is 6.02. The molecule has 5 heteroatoms. The van der Waals surface area contributed by atoms with Crippen LogP contribution in [-0.4, -0.2) is 15.9 Å². The highest BCUT2D eigenvalue weighted by atomic mass is 19.1. The Morgan fingerprint density at radius 1 is 1.40 bits per heavy atom. The van der Waals surface area contributed by atoms with Gasteiger partial charge in [0.05, 0.1) is 11.5 Å². The Morgan fingerprint density at radius 3 is 2.65 bits per heavy atom. The fourth-order valence-electron chi connectivity index (χ4n) is 2.46. The first kappa shape index (κ1) is 12.8. The highest BCUT2D eigenvalue weighted by Gasteiger charge is 2.51. The van der Waals surface area contributed by atoms with Gasteiger partial charge in [0.1, 0.15) is 11.6 Å². The van der Waals surface area contributed by atoms with Crippen LogP contribution in [0, 0.1) is 5.82 Å². The molecule has 2 N–H and O–H groups in total. The first-order valence-corrected chi connectivity index (χ1v) is 6.68. The molecule has 1 fully saturated rings. The van der Waals surface area contributed by atoms with Crippen LogP contribution >= 0.6 is 0 Å². The predicted molar refractivity (Wildman–Crippen MR) is 72.5 cm³/mol. The van der Waals surface area contributed by atoms with Gasteiger partial charge in [-0.3, -0.25) is 4.79 Å². The van der Waals surface area contributed by atoms with Gasteiger partial charge in [-0.15, -0.1) is 0 Å². The van der Waals surface area contributed by atoms with Gasteiger partial charge in [-0.1, -0.05) is 12.1 Å². The van der Waals surface area contributed by atoms with Crippen LogP contribution in [0.4, 0.5) is 4.39 Å². The van der Waals surface area contributed by atoms with E-state index in [0.717, 1.165) is 24.2 Å². The number of carbonyl (C=O) groups is 1. The van der Waals surface area contributed by atoms with Crippen molar-refractivity contribution in [2.75, 3.05) is 0 Å². The number of carbonyl (C=O) groups excluding carboxylic acids is 1. The predicted octanol–water partition coefficient (Wildman–Crippen LogP) is 2.46. The van der Waals surface area contributed by atoms with Crippen molar-refractivity contribution in [1.29, 1.82) is 0 Å². The monoisotopic (exact) mass is 273 g/mol. The Hall–Kier alpha value is -2.17. The molecule has 1 aromatic heterocycles. The summed E-state index contributed by atoms with van der Waals surface area (Å²) in [5, 5.41) is 2.97. The molecule has 2 aromatic rings. The summed E-state index contributed by atoms with van der Waals surface area (Å²) in [4.78, 5) is 19.6. The molecule has 104 valence electrons. The van der Waals surface area contributed by atoms with Gasteiger partial charge in [0.2, 0.25) is 5.91 Å². The molecule has 4 nitrogen and oxygen atoms in total. The zero-order valence-electron chi connectivity index (χ0n) is 11.2. The van der Waals surface area contributed by atoms with Crippen LogP contribution in [0.15, 0.2) is 36.7 Å². The second kappa shape index (κ2) is 4.74. The fourth-order valence-corrected chi connectivity index (χ4v) is 2.46. The minimum Gasteiger partial charge on any atom is -0.347 e. The molecule has 1 amide bonds. The molecule has 0 saturated heterocycles. The Kier molecular flexibility index (Phi) is 3.04. The van der Waals surface area contributed by atoms with Gasteiger partial charge in [-0.25, -0.2) is 9.37 Å². The number of aromatic amines is 1. The SMILES string of the molecule is CC(NC(=O)C1(c2ccc(F)cc2)CC1)c1ncc[nH]1. The molecule has 20 heavy (non-hydrogen) atoms. The third-order valence-corrected chi connectivity index (χ3v) is 3.86. The number of benzene rings is 1. The molecular weight excluding hydrogens is 257 g/mol. The lowest BCUT2D eigenvalue weighted by molar-refractivity contribution is -0.124. The summed E-state index contributed by atoms with van der Waals surface area (Å²) in [5.74, 6) is 0.426. The zero-order valence-corrected chi connectivity index (χ0v) is 11.2. The molecule has 1 aliphatic carbocycles. The van der Waals surface area contributed by atoms with Crippen molar-refractivity contribution < 1.29 is 9.18 Å². The van der Waals surface area contributed by atoms with Crippen LogP contribution in [0.5, 0.6) is 0 Å². The Labute approximate surface area is 116 Å². The highest BCUT2D eigenvalue weighted by molar-refractivity contribution is 5.91. The van der Waals surface area contributed by atoms with Crippen LogP contribution in [0.1, 0.15) is 37.2 Å². The summed E-state index contributed by atoms with van der Waals surface area (Å²) in [6.45, 7) is 1.89. The molecule has 0 spiro atoms. The van der Waals surface area contributed by atoms with Crippen molar-refractivity contribution in [3.05, 3.63) is 53.9 Å². The number of hydrogen-bond acceptors (Lipinski definition) is 2. The van der Waals surface area contributed by atoms with Gasteiger partial charge >= 0.3 is 0 Å². The topological polar surface area (TPSA) is 57.8 Å². The van der Waals surface area contributed by atoms with E-state index in [1.807, 2.05) is 6.92 Å². The average Bonchev–Trinajstić information content (AvgIpc) is 3.06. The minimum absolute atomic E-state index is 0.0204. The smallest absolute Gasteiger partial charge is 0.231 e. The molecule has 0 radical (unpaired) electrons. The van der Waals surface area contributed by atoms with Crippen LogP contribution < -0.4 is 5.32 Å². The molecule has 1 unspecified atom stereocenters. The summed E-state index contributed by atoms with van der Waals surface area (Å²) in [7, 11) is 0. The third kappa shape index (κ3) is 2.19. The largest absolute Gasteiger partial charge is 0.347 e. The number of rotatable bonds is 4. The number of aromatic nitrogens is 2. The standard InChI is InChI=1S/C15H16FN3O/c1-10(13-17-8-9-18-13)19-14(20)15(6-7-15)11-2-4-12(16)5-3-11/h2-5,8-10H,6-7H2,1H3,(H,17,18)(H,19,20). The van der Waals surface area contributed by atoms with E-state index in [9.17, 15) is 9.18 Å². The van der Waals surface area contributed by atoms with E-state index in [1.165, 1.54) is 12.1 Å². The van der Waals surface area contributed by atoms with Crippen molar-refractivity contribution in [2.24, 2.45) is 0 Å². The first-order chi connectivity index (χ1) is 9.62. The molecule has 1 atom stereocenters. The maximum absolute atomic E-state index is 13.0. The number of halogens is 1. The summed E-state index contributed by atoms with van der Waals surface area (Å²) in [5.41, 5.74) is 0.386. The second-order valence-electron chi connectivity index (χ2n) is 5.26. The van der Waals surface area contributed by atoms with E-state index < -0.39 is 5.41 Å². The third-order valence-electron chi connectivity index (χ3n) is 3.86. The van der Waals surface area contributed by atoms with Crippen molar-refractivity contribution in [3.63, 3.8) is 0 Å². The Morgan fingerprint density at radius 2 is 2.10 bits per heavy atom. The lowest BCUT2D eigenvalue weighted by atomic mass is 9.94. The van der Waals surface area contributed by atoms with E-state index in [2.05, 4.69) is 15.3 Å². The second-order valence-corrected chi connectivity index (χ2v) is 5.26. The van der Waals surface area contributed by atoms with Gasteiger partial charge in [-0.05, 0) is 37.5 Å². The van der Waals surface area contributed by atoms with Crippen molar-refractivity contribution in [2.45, 2.75) is 31.2 Å². The quantitative estimate of drug-likeness (QED) is 0.899. The van der Waals surface area contributed by atoms with Gasteiger partial charge in [0, 0.05) is 12.4 Å². The van der Waals surface area contributed by atoms with Crippen LogP contribution in [0.25, 0.3) is 0 Å². The van der Waals surface area contributed by atoms with E-state index in [-0.39, 0.29) is 17.8 Å². The van der Waals surface area contributed by atoms with E-state index >= 15 is 0 Å². The Balaban J connectivity index is 1.75. The van der Waals surface area contributed by atoms with E-state index in [1.54, 1.807) is 24.5 Å². The molecule has 3 rings (SSSR count). The molecule has 0 bridgehead atoms. The fraction of sp³-hybridized carbons (Fsp3) is 0.333. The van der Waals surface area contributed by atoms with Crippen molar-refractivity contribution in [1.82, 2.24) is 15.3 Å². The lowest BCUT2D eigenvalue weighted by Gasteiger charge is -2.19.